The van der Waals surface area contributed by atoms with Gasteiger partial charge in [-0.15, -0.1) is 0 Å². The van der Waals surface area contributed by atoms with Crippen molar-refractivity contribution in [3.63, 3.8) is 0 Å². The number of fused-ring (bicyclic) bond motifs is 2. The average molecular weight is 450 g/mol. The quantitative estimate of drug-likeness (QED) is 0.420. The number of hydrogen-bond donors (Lipinski definition) is 2. The third-order valence-corrected chi connectivity index (χ3v) is 5.79. The van der Waals surface area contributed by atoms with Crippen molar-refractivity contribution < 1.29 is 18.7 Å². The minimum absolute atomic E-state index is 0.0126. The number of nitrogens with zero attached hydrogens (tertiary/aromatic N) is 3. The number of nitrogens with one attached hydrogen (secondary N) is 2. The van der Waals surface area contributed by atoms with Gasteiger partial charge in [0.25, 0.3) is 0 Å². The summed E-state index contributed by atoms with van der Waals surface area (Å²) in [5.74, 6) is 3.32. The molecule has 0 saturated heterocycles. The molecule has 1 atom stereocenters. The lowest BCUT2D eigenvalue weighted by Crippen LogP contribution is -2.19. The second-order valence-electron chi connectivity index (χ2n) is 8.43. The predicted molar refractivity (Wildman–Crippen MR) is 123 cm³/mol. The van der Waals surface area contributed by atoms with Crippen molar-refractivity contribution in [2.75, 3.05) is 25.6 Å². The lowest BCUT2D eigenvalue weighted by Gasteiger charge is -2.26. The molecule has 0 saturated carbocycles. The van der Waals surface area contributed by atoms with Gasteiger partial charge >= 0.3 is 0 Å². The third-order valence-electron chi connectivity index (χ3n) is 5.79. The first-order chi connectivity index (χ1) is 16.0. The molecule has 0 fully saturated rings. The van der Waals surface area contributed by atoms with Crippen LogP contribution in [0.3, 0.4) is 0 Å². The molecule has 1 aliphatic heterocycles. The van der Waals surface area contributed by atoms with Gasteiger partial charge in [-0.25, -0.2) is 9.97 Å². The Morgan fingerprint density at radius 1 is 1.12 bits per heavy atom. The number of aromatic nitrogens is 4. The Hall–Kier alpha value is -3.59. The van der Waals surface area contributed by atoms with Crippen molar-refractivity contribution >= 4 is 16.9 Å². The highest BCUT2D eigenvalue weighted by Crippen LogP contribution is 2.37. The summed E-state index contributed by atoms with van der Waals surface area (Å²) < 4.78 is 22.1. The molecule has 0 unspecified atom stereocenters. The molecule has 0 aliphatic carbocycles. The molecule has 9 heteroatoms. The maximum atomic E-state index is 5.79. The van der Waals surface area contributed by atoms with Gasteiger partial charge in [0, 0.05) is 7.11 Å². The van der Waals surface area contributed by atoms with E-state index in [2.05, 4.69) is 45.3 Å². The third kappa shape index (κ3) is 4.00. The number of ether oxygens (including phenoxy) is 3. The summed E-state index contributed by atoms with van der Waals surface area (Å²) in [5, 5.41) is 8.64. The van der Waals surface area contributed by atoms with Gasteiger partial charge in [0.2, 0.25) is 0 Å². The number of methoxy groups -OCH3 is 1. The van der Waals surface area contributed by atoms with Crippen LogP contribution in [0.25, 0.3) is 22.3 Å². The number of aryl methyl sites for hydroxylation is 1. The monoisotopic (exact) mass is 449 g/mol. The van der Waals surface area contributed by atoms with Gasteiger partial charge in [-0.3, -0.25) is 0 Å². The highest BCUT2D eigenvalue weighted by molar-refractivity contribution is 5.92. The number of aromatic amines is 1. The number of hydrogen-bond acceptors (Lipinski definition) is 8. The minimum Gasteiger partial charge on any atom is -0.486 e. The second-order valence-corrected chi connectivity index (χ2v) is 8.43. The highest BCUT2D eigenvalue weighted by Gasteiger charge is 2.23. The van der Waals surface area contributed by atoms with Crippen molar-refractivity contribution in [2.24, 2.45) is 5.92 Å². The maximum Gasteiger partial charge on any atom is 0.161 e. The van der Waals surface area contributed by atoms with Crippen LogP contribution in [0.1, 0.15) is 36.9 Å². The summed E-state index contributed by atoms with van der Waals surface area (Å²) >= 11 is 0. The van der Waals surface area contributed by atoms with E-state index in [0.717, 1.165) is 50.9 Å². The van der Waals surface area contributed by atoms with Crippen LogP contribution in [-0.2, 0) is 11.3 Å². The van der Waals surface area contributed by atoms with E-state index in [4.69, 9.17) is 18.7 Å². The summed E-state index contributed by atoms with van der Waals surface area (Å²) in [6.45, 7) is 7.72. The molecule has 4 aromatic rings. The van der Waals surface area contributed by atoms with Crippen LogP contribution in [0.2, 0.25) is 0 Å². The van der Waals surface area contributed by atoms with Crippen LogP contribution in [0, 0.1) is 12.8 Å². The fourth-order valence-corrected chi connectivity index (χ4v) is 4.22. The first-order valence-corrected chi connectivity index (χ1v) is 11.0. The lowest BCUT2D eigenvalue weighted by atomic mass is 9.95. The molecule has 1 aliphatic rings. The van der Waals surface area contributed by atoms with Gasteiger partial charge in [-0.1, -0.05) is 25.1 Å². The minimum atomic E-state index is 0.0126. The number of rotatable bonds is 7. The molecular weight excluding hydrogens is 422 g/mol. The smallest absolute Gasteiger partial charge is 0.161 e. The van der Waals surface area contributed by atoms with Crippen molar-refractivity contribution in [2.45, 2.75) is 33.4 Å². The molecule has 0 spiro atoms. The first kappa shape index (κ1) is 21.3. The second kappa shape index (κ2) is 8.74. The van der Waals surface area contributed by atoms with E-state index in [-0.39, 0.29) is 6.04 Å². The van der Waals surface area contributed by atoms with E-state index < -0.39 is 0 Å². The Morgan fingerprint density at radius 2 is 1.94 bits per heavy atom. The molecule has 1 aromatic carbocycles. The van der Waals surface area contributed by atoms with Crippen molar-refractivity contribution in [3.8, 4) is 22.8 Å². The Morgan fingerprint density at radius 3 is 2.73 bits per heavy atom. The summed E-state index contributed by atoms with van der Waals surface area (Å²) in [7, 11) is 1.64. The molecule has 2 N–H and O–H groups in total. The first-order valence-electron chi connectivity index (χ1n) is 11.0. The number of anilines is 1. The van der Waals surface area contributed by atoms with E-state index in [1.807, 2.05) is 25.1 Å². The van der Waals surface area contributed by atoms with Gasteiger partial charge in [-0.2, -0.15) is 0 Å². The Bertz CT molecular complexity index is 1280. The Kier molecular flexibility index (Phi) is 5.63. The standard InChI is InChI=1S/C24H27N5O4/c1-13(2)22(15-5-6-19-20(9-15)32-8-7-31-19)28-24-16-10-17(27-23(16)25-12-26-24)21-14(3)33-29-18(21)11-30-4/h5-6,9-10,12-13,22H,7-8,11H2,1-4H3,(H2,25,26,27,28)/t22-/m1/s1. The summed E-state index contributed by atoms with van der Waals surface area (Å²) in [5.41, 5.74) is 4.32. The Labute approximate surface area is 191 Å². The lowest BCUT2D eigenvalue weighted by molar-refractivity contribution is 0.171. The van der Waals surface area contributed by atoms with Crippen LogP contribution in [-0.4, -0.2) is 40.4 Å². The molecular formula is C24H27N5O4. The molecule has 0 bridgehead atoms. The zero-order valence-corrected chi connectivity index (χ0v) is 19.1. The molecule has 0 amide bonds. The van der Waals surface area contributed by atoms with E-state index in [1.165, 1.54) is 0 Å². The number of benzene rings is 1. The van der Waals surface area contributed by atoms with Crippen molar-refractivity contribution in [3.05, 3.63) is 47.6 Å². The SMILES string of the molecule is COCc1noc(C)c1-c1cc2c(N[C@@H](c3ccc4c(c3)OCCO4)C(C)C)ncnc2[nH]1. The van der Waals surface area contributed by atoms with Crippen molar-refractivity contribution in [1.29, 1.82) is 0 Å². The number of H-pyrrole nitrogens is 1. The summed E-state index contributed by atoms with van der Waals surface area (Å²) in [4.78, 5) is 12.4. The van der Waals surface area contributed by atoms with Gasteiger partial charge in [0.05, 0.1) is 29.3 Å². The molecule has 33 heavy (non-hydrogen) atoms. The van der Waals surface area contributed by atoms with Gasteiger partial charge in [0.15, 0.2) is 11.5 Å². The van der Waals surface area contributed by atoms with E-state index in [0.29, 0.717) is 31.5 Å². The summed E-state index contributed by atoms with van der Waals surface area (Å²) in [6.07, 6.45) is 1.56. The van der Waals surface area contributed by atoms with Gasteiger partial charge in [0.1, 0.15) is 42.5 Å². The summed E-state index contributed by atoms with van der Waals surface area (Å²) in [6, 6.07) is 8.13. The average Bonchev–Trinajstić information content (AvgIpc) is 3.40. The fraction of sp³-hybridized carbons (Fsp3) is 0.375. The molecule has 9 nitrogen and oxygen atoms in total. The fourth-order valence-electron chi connectivity index (χ4n) is 4.22. The van der Waals surface area contributed by atoms with E-state index in [9.17, 15) is 0 Å². The molecule has 0 radical (unpaired) electrons. The molecule has 172 valence electrons. The van der Waals surface area contributed by atoms with Gasteiger partial charge in [-0.05, 0) is 36.6 Å². The van der Waals surface area contributed by atoms with E-state index >= 15 is 0 Å². The van der Waals surface area contributed by atoms with Crippen LogP contribution >= 0.6 is 0 Å². The van der Waals surface area contributed by atoms with Crippen LogP contribution in [0.4, 0.5) is 5.82 Å². The maximum absolute atomic E-state index is 5.79. The predicted octanol–water partition coefficient (Wildman–Crippen LogP) is 4.65. The molecule has 4 heterocycles. The topological polar surface area (TPSA) is 107 Å². The highest BCUT2D eigenvalue weighted by atomic mass is 16.6. The zero-order valence-electron chi connectivity index (χ0n) is 19.1. The van der Waals surface area contributed by atoms with Crippen LogP contribution in [0.15, 0.2) is 35.1 Å². The largest absolute Gasteiger partial charge is 0.486 e. The van der Waals surface area contributed by atoms with Crippen LogP contribution in [0.5, 0.6) is 11.5 Å². The van der Waals surface area contributed by atoms with E-state index in [1.54, 1.807) is 13.4 Å². The molecule has 5 rings (SSSR count). The zero-order chi connectivity index (χ0) is 22.9. The van der Waals surface area contributed by atoms with Gasteiger partial charge < -0.3 is 29.0 Å². The molecule has 3 aromatic heterocycles. The van der Waals surface area contributed by atoms with Crippen molar-refractivity contribution in [1.82, 2.24) is 20.1 Å². The Balaban J connectivity index is 1.51. The van der Waals surface area contributed by atoms with Crippen LogP contribution < -0.4 is 14.8 Å². The normalized spacial score (nSPS) is 14.1.